The molecule has 0 fully saturated rings. The molecule has 0 amide bonds. The standard InChI is InChI=1S/C13H14N2O/c1-2-11(10-6-4-3-5-7-10)12-8-13(16)15-9-14-12/h3-9,11H,2H2,1H3,(H,14,15,16)/t11-/m1/s1. The van der Waals surface area contributed by atoms with Gasteiger partial charge in [0.05, 0.1) is 12.0 Å². The Morgan fingerprint density at radius 3 is 2.69 bits per heavy atom. The molecule has 0 aliphatic heterocycles. The second kappa shape index (κ2) is 4.75. The molecule has 82 valence electrons. The number of hydrogen-bond acceptors (Lipinski definition) is 2. The summed E-state index contributed by atoms with van der Waals surface area (Å²) in [6.45, 7) is 2.10. The van der Waals surface area contributed by atoms with Gasteiger partial charge in [0.1, 0.15) is 0 Å². The molecular formula is C13H14N2O. The quantitative estimate of drug-likeness (QED) is 0.852. The van der Waals surface area contributed by atoms with Crippen LogP contribution in [0.4, 0.5) is 0 Å². The summed E-state index contributed by atoms with van der Waals surface area (Å²) in [5.74, 6) is 0.198. The van der Waals surface area contributed by atoms with Gasteiger partial charge < -0.3 is 4.98 Å². The van der Waals surface area contributed by atoms with Crippen LogP contribution in [-0.2, 0) is 0 Å². The molecule has 0 spiro atoms. The number of H-pyrrole nitrogens is 1. The van der Waals surface area contributed by atoms with E-state index in [1.807, 2.05) is 18.2 Å². The molecular weight excluding hydrogens is 200 g/mol. The van der Waals surface area contributed by atoms with Gasteiger partial charge in [-0.2, -0.15) is 0 Å². The highest BCUT2D eigenvalue weighted by Crippen LogP contribution is 2.24. The third-order valence-electron chi connectivity index (χ3n) is 2.67. The molecule has 1 heterocycles. The third kappa shape index (κ3) is 2.19. The van der Waals surface area contributed by atoms with Gasteiger partial charge in [-0.25, -0.2) is 4.98 Å². The fourth-order valence-electron chi connectivity index (χ4n) is 1.88. The largest absolute Gasteiger partial charge is 0.313 e. The Morgan fingerprint density at radius 2 is 2.06 bits per heavy atom. The first-order chi connectivity index (χ1) is 7.81. The zero-order valence-electron chi connectivity index (χ0n) is 9.18. The zero-order valence-corrected chi connectivity index (χ0v) is 9.18. The van der Waals surface area contributed by atoms with E-state index in [0.717, 1.165) is 12.1 Å². The van der Waals surface area contributed by atoms with Crippen molar-refractivity contribution in [3.05, 3.63) is 64.3 Å². The van der Waals surface area contributed by atoms with E-state index in [1.165, 1.54) is 11.9 Å². The third-order valence-corrected chi connectivity index (χ3v) is 2.67. The van der Waals surface area contributed by atoms with E-state index < -0.39 is 0 Å². The Hall–Kier alpha value is -1.90. The van der Waals surface area contributed by atoms with Crippen molar-refractivity contribution in [1.82, 2.24) is 9.97 Å². The van der Waals surface area contributed by atoms with Crippen molar-refractivity contribution in [1.29, 1.82) is 0 Å². The maximum atomic E-state index is 11.2. The molecule has 1 aromatic carbocycles. The SMILES string of the molecule is CC[C@H](c1ccccc1)c1cc(=O)[nH]cn1. The summed E-state index contributed by atoms with van der Waals surface area (Å²) in [7, 11) is 0. The lowest BCUT2D eigenvalue weighted by Gasteiger charge is -2.13. The summed E-state index contributed by atoms with van der Waals surface area (Å²) in [6.07, 6.45) is 2.39. The van der Waals surface area contributed by atoms with Crippen molar-refractivity contribution in [3.8, 4) is 0 Å². The van der Waals surface area contributed by atoms with Gasteiger partial charge in [-0.15, -0.1) is 0 Å². The molecule has 1 atom stereocenters. The topological polar surface area (TPSA) is 45.8 Å². The number of nitrogens with one attached hydrogen (secondary N) is 1. The molecule has 16 heavy (non-hydrogen) atoms. The van der Waals surface area contributed by atoms with E-state index in [1.54, 1.807) is 6.07 Å². The molecule has 0 saturated carbocycles. The summed E-state index contributed by atoms with van der Waals surface area (Å²) >= 11 is 0. The van der Waals surface area contributed by atoms with Gasteiger partial charge in [-0.1, -0.05) is 37.3 Å². The molecule has 2 aromatic rings. The lowest BCUT2D eigenvalue weighted by atomic mass is 9.93. The monoisotopic (exact) mass is 214 g/mol. The fourth-order valence-corrected chi connectivity index (χ4v) is 1.88. The average Bonchev–Trinajstić information content (AvgIpc) is 2.31. The van der Waals surface area contributed by atoms with Crippen LogP contribution < -0.4 is 5.56 Å². The Morgan fingerprint density at radius 1 is 1.31 bits per heavy atom. The second-order valence-electron chi connectivity index (χ2n) is 3.71. The molecule has 3 heteroatoms. The van der Waals surface area contributed by atoms with E-state index in [-0.39, 0.29) is 11.5 Å². The van der Waals surface area contributed by atoms with E-state index >= 15 is 0 Å². The molecule has 0 radical (unpaired) electrons. The first-order valence-electron chi connectivity index (χ1n) is 5.41. The fraction of sp³-hybridized carbons (Fsp3) is 0.231. The predicted octanol–water partition coefficient (Wildman–Crippen LogP) is 2.31. The number of nitrogens with zero attached hydrogens (tertiary/aromatic N) is 1. The minimum absolute atomic E-state index is 0.0978. The lowest BCUT2D eigenvalue weighted by molar-refractivity contribution is 0.742. The maximum Gasteiger partial charge on any atom is 0.250 e. The number of hydrogen-bond donors (Lipinski definition) is 1. The van der Waals surface area contributed by atoms with Crippen LogP contribution in [0.1, 0.15) is 30.5 Å². The Bertz CT molecular complexity index is 505. The van der Waals surface area contributed by atoms with Gasteiger partial charge in [-0.05, 0) is 12.0 Å². The molecule has 0 unspecified atom stereocenters. The molecule has 3 nitrogen and oxygen atoms in total. The zero-order chi connectivity index (χ0) is 11.4. The number of aromatic amines is 1. The first-order valence-corrected chi connectivity index (χ1v) is 5.41. The Balaban J connectivity index is 2.41. The van der Waals surface area contributed by atoms with E-state index in [4.69, 9.17) is 0 Å². The van der Waals surface area contributed by atoms with Crippen LogP contribution in [0.5, 0.6) is 0 Å². The molecule has 0 saturated heterocycles. The summed E-state index contributed by atoms with van der Waals surface area (Å²) < 4.78 is 0. The number of aromatic nitrogens is 2. The van der Waals surface area contributed by atoms with Crippen molar-refractivity contribution >= 4 is 0 Å². The van der Waals surface area contributed by atoms with Gasteiger partial charge >= 0.3 is 0 Å². The highest BCUT2D eigenvalue weighted by Gasteiger charge is 2.13. The lowest BCUT2D eigenvalue weighted by Crippen LogP contribution is -2.10. The first kappa shape index (κ1) is 10.6. The molecule has 1 N–H and O–H groups in total. The van der Waals surface area contributed by atoms with Crippen LogP contribution in [0, 0.1) is 0 Å². The van der Waals surface area contributed by atoms with Gasteiger partial charge in [-0.3, -0.25) is 4.79 Å². The van der Waals surface area contributed by atoms with Gasteiger partial charge in [0.15, 0.2) is 0 Å². The Labute approximate surface area is 94.2 Å². The highest BCUT2D eigenvalue weighted by molar-refractivity contribution is 5.27. The van der Waals surface area contributed by atoms with Crippen LogP contribution in [0.2, 0.25) is 0 Å². The molecule has 1 aromatic heterocycles. The second-order valence-corrected chi connectivity index (χ2v) is 3.71. The summed E-state index contributed by atoms with van der Waals surface area (Å²) in [5.41, 5.74) is 1.93. The minimum atomic E-state index is -0.0978. The number of benzene rings is 1. The predicted molar refractivity (Wildman–Crippen MR) is 63.4 cm³/mol. The van der Waals surface area contributed by atoms with Crippen molar-refractivity contribution in [2.24, 2.45) is 0 Å². The molecule has 2 rings (SSSR count). The van der Waals surface area contributed by atoms with Gasteiger partial charge in [0.2, 0.25) is 0 Å². The van der Waals surface area contributed by atoms with Crippen molar-refractivity contribution in [2.45, 2.75) is 19.3 Å². The normalized spacial score (nSPS) is 12.3. The summed E-state index contributed by atoms with van der Waals surface area (Å²) in [6, 6.07) is 11.7. The maximum absolute atomic E-state index is 11.2. The molecule has 0 aliphatic carbocycles. The van der Waals surface area contributed by atoms with Gasteiger partial charge in [0.25, 0.3) is 5.56 Å². The smallest absolute Gasteiger partial charge is 0.250 e. The summed E-state index contributed by atoms with van der Waals surface area (Å²) in [5, 5.41) is 0. The van der Waals surface area contributed by atoms with Crippen molar-refractivity contribution < 1.29 is 0 Å². The van der Waals surface area contributed by atoms with Crippen LogP contribution >= 0.6 is 0 Å². The van der Waals surface area contributed by atoms with Crippen molar-refractivity contribution in [2.75, 3.05) is 0 Å². The summed E-state index contributed by atoms with van der Waals surface area (Å²) in [4.78, 5) is 18.0. The van der Waals surface area contributed by atoms with Crippen LogP contribution in [0.15, 0.2) is 47.5 Å². The number of rotatable bonds is 3. The van der Waals surface area contributed by atoms with Crippen LogP contribution in [-0.4, -0.2) is 9.97 Å². The average molecular weight is 214 g/mol. The van der Waals surface area contributed by atoms with Crippen molar-refractivity contribution in [3.63, 3.8) is 0 Å². The van der Waals surface area contributed by atoms with Gasteiger partial charge in [0, 0.05) is 12.0 Å². The minimum Gasteiger partial charge on any atom is -0.313 e. The highest BCUT2D eigenvalue weighted by atomic mass is 16.1. The van der Waals surface area contributed by atoms with E-state index in [2.05, 4.69) is 29.0 Å². The Kier molecular flexibility index (Phi) is 3.15. The van der Waals surface area contributed by atoms with E-state index in [9.17, 15) is 4.79 Å². The molecule has 0 bridgehead atoms. The van der Waals surface area contributed by atoms with Crippen LogP contribution in [0.25, 0.3) is 0 Å². The molecule has 0 aliphatic rings. The van der Waals surface area contributed by atoms with Crippen LogP contribution in [0.3, 0.4) is 0 Å². The van der Waals surface area contributed by atoms with E-state index in [0.29, 0.717) is 0 Å².